The maximum Gasteiger partial charge on any atom is 0.132 e. The molecule has 0 radical (unpaired) electrons. The summed E-state index contributed by atoms with van der Waals surface area (Å²) in [7, 11) is 0. The molecule has 0 saturated carbocycles. The highest BCUT2D eigenvalue weighted by Gasteiger charge is 1.84. The molecule has 0 saturated heterocycles. The Balaban J connectivity index is 2.73. The van der Waals surface area contributed by atoms with Crippen LogP contribution in [0.2, 0.25) is 0 Å². The van der Waals surface area contributed by atoms with Crippen LogP contribution >= 0.6 is 15.9 Å². The molecule has 0 spiro atoms. The van der Waals surface area contributed by atoms with Crippen molar-refractivity contribution in [3.8, 4) is 0 Å². The van der Waals surface area contributed by atoms with Crippen LogP contribution in [0.4, 0.5) is 0 Å². The van der Waals surface area contributed by atoms with Gasteiger partial charge in [0.25, 0.3) is 0 Å². The molecule has 42 valence electrons. The van der Waals surface area contributed by atoms with Gasteiger partial charge in [0.1, 0.15) is 4.61 Å². The van der Waals surface area contributed by atoms with E-state index in [1.165, 1.54) is 0 Å². The van der Waals surface area contributed by atoms with Gasteiger partial charge in [-0.2, -0.15) is 10.6 Å². The van der Waals surface area contributed by atoms with Crippen molar-refractivity contribution in [3.63, 3.8) is 0 Å². The number of allylic oxidation sites excluding steroid dienone is 1. The third-order valence-corrected chi connectivity index (χ3v) is 0.958. The SMILES string of the molecule is BrC1=CC=NNN=N1. The van der Waals surface area contributed by atoms with E-state index in [1.54, 1.807) is 12.3 Å². The van der Waals surface area contributed by atoms with Crippen LogP contribution in [0.15, 0.2) is 26.1 Å². The quantitative estimate of drug-likeness (QED) is 0.552. The summed E-state index contributed by atoms with van der Waals surface area (Å²) >= 11 is 3.11. The van der Waals surface area contributed by atoms with Gasteiger partial charge in [-0.1, -0.05) is 5.22 Å². The Hall–Kier alpha value is -0.710. The number of hydrogen-bond donors (Lipinski definition) is 1. The van der Waals surface area contributed by atoms with Crippen LogP contribution in [0, 0.1) is 0 Å². The third-order valence-electron chi connectivity index (χ3n) is 0.535. The van der Waals surface area contributed by atoms with Crippen molar-refractivity contribution in [1.29, 1.82) is 0 Å². The molecule has 0 atom stereocenters. The predicted molar refractivity (Wildman–Crippen MR) is 33.5 cm³/mol. The van der Waals surface area contributed by atoms with E-state index in [0.717, 1.165) is 0 Å². The Bertz CT molecular complexity index is 159. The molecule has 0 aliphatic carbocycles. The molecule has 0 fully saturated rings. The van der Waals surface area contributed by atoms with Crippen LogP contribution in [-0.2, 0) is 0 Å². The van der Waals surface area contributed by atoms with Gasteiger partial charge in [0.05, 0.1) is 6.21 Å². The number of rotatable bonds is 0. The zero-order valence-corrected chi connectivity index (χ0v) is 5.46. The lowest BCUT2D eigenvalue weighted by Crippen LogP contribution is -1.88. The molecule has 0 unspecified atom stereocenters. The van der Waals surface area contributed by atoms with Gasteiger partial charge in [-0.3, -0.25) is 0 Å². The van der Waals surface area contributed by atoms with Gasteiger partial charge in [0.2, 0.25) is 0 Å². The standard InChI is InChI=1S/C3H3BrN4/c4-3-1-2-5-7-8-6-3/h1-2H,(H,6,7). The molecule has 0 aromatic heterocycles. The highest BCUT2D eigenvalue weighted by Crippen LogP contribution is 2.05. The molecule has 0 aromatic rings. The van der Waals surface area contributed by atoms with E-state index in [2.05, 4.69) is 36.9 Å². The Morgan fingerprint density at radius 1 is 1.62 bits per heavy atom. The van der Waals surface area contributed by atoms with E-state index in [-0.39, 0.29) is 0 Å². The number of hydrogen-bond acceptors (Lipinski definition) is 4. The molecule has 0 aromatic carbocycles. The lowest BCUT2D eigenvalue weighted by molar-refractivity contribution is 0.755. The largest absolute Gasteiger partial charge is 0.179 e. The summed E-state index contributed by atoms with van der Waals surface area (Å²) in [5.41, 5.74) is 2.32. The van der Waals surface area contributed by atoms with Crippen molar-refractivity contribution in [1.82, 2.24) is 5.53 Å². The highest BCUT2D eigenvalue weighted by molar-refractivity contribution is 9.11. The van der Waals surface area contributed by atoms with E-state index >= 15 is 0 Å². The second-order valence-corrected chi connectivity index (χ2v) is 1.88. The first-order chi connectivity index (χ1) is 3.89. The van der Waals surface area contributed by atoms with Crippen LogP contribution in [-0.4, -0.2) is 6.21 Å². The van der Waals surface area contributed by atoms with Gasteiger partial charge in [-0.15, -0.1) is 5.11 Å². The van der Waals surface area contributed by atoms with E-state index in [1.807, 2.05) is 0 Å². The molecular weight excluding hydrogens is 172 g/mol. The maximum atomic E-state index is 3.59. The first kappa shape index (κ1) is 5.43. The van der Waals surface area contributed by atoms with Crippen molar-refractivity contribution < 1.29 is 0 Å². The topological polar surface area (TPSA) is 49.1 Å². The van der Waals surface area contributed by atoms with Gasteiger partial charge < -0.3 is 0 Å². The lowest BCUT2D eigenvalue weighted by Gasteiger charge is -1.78. The van der Waals surface area contributed by atoms with Crippen molar-refractivity contribution in [2.75, 3.05) is 0 Å². The summed E-state index contributed by atoms with van der Waals surface area (Å²) in [4.78, 5) is 0. The van der Waals surface area contributed by atoms with Crippen LogP contribution in [0.5, 0.6) is 0 Å². The fraction of sp³-hybridized carbons (Fsp3) is 0. The third kappa shape index (κ3) is 1.42. The minimum Gasteiger partial charge on any atom is -0.179 e. The molecule has 8 heavy (non-hydrogen) atoms. The molecule has 0 bridgehead atoms. The molecular formula is C3H3BrN4. The number of halogens is 1. The molecule has 1 heterocycles. The highest BCUT2D eigenvalue weighted by atomic mass is 79.9. The second-order valence-electron chi connectivity index (χ2n) is 1.07. The minimum atomic E-state index is 0.659. The molecule has 1 N–H and O–H groups in total. The summed E-state index contributed by atoms with van der Waals surface area (Å²) in [6.07, 6.45) is 3.24. The maximum absolute atomic E-state index is 3.59. The summed E-state index contributed by atoms with van der Waals surface area (Å²) in [5, 5.41) is 10.6. The molecule has 0 amide bonds. The normalized spacial score (nSPS) is 16.9. The van der Waals surface area contributed by atoms with Gasteiger partial charge >= 0.3 is 0 Å². The van der Waals surface area contributed by atoms with E-state index in [0.29, 0.717) is 4.61 Å². The summed E-state index contributed by atoms with van der Waals surface area (Å²) in [6, 6.07) is 0. The second kappa shape index (κ2) is 2.56. The molecule has 1 aliphatic heterocycles. The zero-order chi connectivity index (χ0) is 5.82. The van der Waals surface area contributed by atoms with Crippen LogP contribution in [0.3, 0.4) is 0 Å². The van der Waals surface area contributed by atoms with Gasteiger partial charge in [0.15, 0.2) is 0 Å². The molecule has 1 rings (SSSR count). The zero-order valence-electron chi connectivity index (χ0n) is 3.87. The summed E-state index contributed by atoms with van der Waals surface area (Å²) in [5.74, 6) is 0. The summed E-state index contributed by atoms with van der Waals surface area (Å²) < 4.78 is 0.659. The summed E-state index contributed by atoms with van der Waals surface area (Å²) in [6.45, 7) is 0. The van der Waals surface area contributed by atoms with E-state index in [9.17, 15) is 0 Å². The van der Waals surface area contributed by atoms with Gasteiger partial charge in [-0.25, -0.2) is 0 Å². The van der Waals surface area contributed by atoms with Gasteiger partial charge in [-0.05, 0) is 22.0 Å². The van der Waals surface area contributed by atoms with Crippen LogP contribution in [0.25, 0.3) is 0 Å². The van der Waals surface area contributed by atoms with E-state index in [4.69, 9.17) is 0 Å². The van der Waals surface area contributed by atoms with Crippen molar-refractivity contribution in [2.24, 2.45) is 15.4 Å². The Labute approximate surface area is 54.5 Å². The Morgan fingerprint density at radius 2 is 2.50 bits per heavy atom. The van der Waals surface area contributed by atoms with Gasteiger partial charge in [0, 0.05) is 0 Å². The fourth-order valence-corrected chi connectivity index (χ4v) is 0.459. The molecule has 1 aliphatic rings. The average Bonchev–Trinajstić information content (AvgIpc) is 1.94. The fourth-order valence-electron chi connectivity index (χ4n) is 0.261. The molecule has 5 heteroatoms. The van der Waals surface area contributed by atoms with Crippen molar-refractivity contribution in [2.45, 2.75) is 0 Å². The van der Waals surface area contributed by atoms with Crippen molar-refractivity contribution in [3.05, 3.63) is 10.7 Å². The monoisotopic (exact) mass is 174 g/mol. The minimum absolute atomic E-state index is 0.659. The van der Waals surface area contributed by atoms with E-state index < -0.39 is 0 Å². The van der Waals surface area contributed by atoms with Crippen molar-refractivity contribution >= 4 is 22.1 Å². The number of nitrogens with one attached hydrogen (secondary N) is 1. The lowest BCUT2D eigenvalue weighted by atomic mass is 10.7. The first-order valence-corrected chi connectivity index (χ1v) is 2.73. The van der Waals surface area contributed by atoms with Crippen LogP contribution in [0.1, 0.15) is 0 Å². The number of hydrazone groups is 1. The Kier molecular flexibility index (Phi) is 1.74. The number of nitrogens with zero attached hydrogens (tertiary/aromatic N) is 3. The molecule has 4 nitrogen and oxygen atoms in total. The smallest absolute Gasteiger partial charge is 0.132 e. The predicted octanol–water partition coefficient (Wildman–Crippen LogP) is 1.18. The van der Waals surface area contributed by atoms with Crippen LogP contribution < -0.4 is 5.53 Å². The average molecular weight is 175 g/mol. The Morgan fingerprint density at radius 3 is 3.38 bits per heavy atom. The first-order valence-electron chi connectivity index (χ1n) is 1.94.